The number of hydrogen-bond acceptors (Lipinski definition) is 6. The molecule has 3 N–H and O–H groups in total. The SMILES string of the molecule is O=C(N[C@H](CCOCCCCc1ccc2c(n1)NCCC2)C(=O)O)c1c(F)cncc1Cl. The summed E-state index contributed by atoms with van der Waals surface area (Å²) in [4.78, 5) is 31.9. The van der Waals surface area contributed by atoms with Gasteiger partial charge in [0.2, 0.25) is 0 Å². The van der Waals surface area contributed by atoms with Crippen molar-refractivity contribution in [3.8, 4) is 0 Å². The first-order valence-electron chi connectivity index (χ1n) is 10.6. The van der Waals surface area contributed by atoms with Crippen LogP contribution in [0.3, 0.4) is 0 Å². The zero-order chi connectivity index (χ0) is 22.9. The molecule has 1 amide bonds. The Hall–Kier alpha value is -2.78. The molecular weight excluding hydrogens is 439 g/mol. The molecule has 0 radical (unpaired) electrons. The Bertz CT molecular complexity index is 939. The fourth-order valence-corrected chi connectivity index (χ4v) is 3.67. The summed E-state index contributed by atoms with van der Waals surface area (Å²) in [6.45, 7) is 1.57. The van der Waals surface area contributed by atoms with Crippen LogP contribution < -0.4 is 10.6 Å². The Labute approximate surface area is 190 Å². The molecule has 172 valence electrons. The molecule has 32 heavy (non-hydrogen) atoms. The van der Waals surface area contributed by atoms with Crippen molar-refractivity contribution in [2.45, 2.75) is 44.6 Å². The molecule has 10 heteroatoms. The highest BCUT2D eigenvalue weighted by atomic mass is 35.5. The number of rotatable bonds is 11. The molecule has 1 aliphatic heterocycles. The lowest BCUT2D eigenvalue weighted by molar-refractivity contribution is -0.139. The van der Waals surface area contributed by atoms with Crippen LogP contribution in [0.2, 0.25) is 5.02 Å². The van der Waals surface area contributed by atoms with Crippen molar-refractivity contribution in [3.63, 3.8) is 0 Å². The van der Waals surface area contributed by atoms with Gasteiger partial charge in [-0.2, -0.15) is 0 Å². The lowest BCUT2D eigenvalue weighted by atomic mass is 10.1. The fraction of sp³-hybridized carbons (Fsp3) is 0.455. The number of unbranched alkanes of at least 4 members (excludes halogenated alkanes) is 1. The van der Waals surface area contributed by atoms with Crippen LogP contribution in [0.15, 0.2) is 24.5 Å². The minimum atomic E-state index is -1.24. The Morgan fingerprint density at radius 2 is 2.12 bits per heavy atom. The van der Waals surface area contributed by atoms with Crippen LogP contribution in [0.5, 0.6) is 0 Å². The van der Waals surface area contributed by atoms with Crippen LogP contribution in [0.1, 0.15) is 47.3 Å². The van der Waals surface area contributed by atoms with E-state index in [9.17, 15) is 19.1 Å². The van der Waals surface area contributed by atoms with Gasteiger partial charge in [0.25, 0.3) is 5.91 Å². The largest absolute Gasteiger partial charge is 0.480 e. The van der Waals surface area contributed by atoms with Crippen molar-refractivity contribution < 1.29 is 23.8 Å². The molecule has 2 aromatic rings. The average molecular weight is 465 g/mol. The Kier molecular flexibility index (Phi) is 8.75. The minimum absolute atomic E-state index is 0.0451. The van der Waals surface area contributed by atoms with E-state index >= 15 is 0 Å². The fourth-order valence-electron chi connectivity index (χ4n) is 3.44. The quantitative estimate of drug-likeness (QED) is 0.437. The van der Waals surface area contributed by atoms with Crippen LogP contribution in [0.25, 0.3) is 0 Å². The van der Waals surface area contributed by atoms with Gasteiger partial charge in [0, 0.05) is 38.1 Å². The number of pyridine rings is 2. The minimum Gasteiger partial charge on any atom is -0.480 e. The number of aryl methyl sites for hydroxylation is 2. The van der Waals surface area contributed by atoms with Gasteiger partial charge in [-0.1, -0.05) is 17.7 Å². The molecule has 0 fully saturated rings. The van der Waals surface area contributed by atoms with Gasteiger partial charge in [0.05, 0.1) is 16.8 Å². The first kappa shape index (κ1) is 23.9. The van der Waals surface area contributed by atoms with Crippen molar-refractivity contribution in [2.24, 2.45) is 0 Å². The summed E-state index contributed by atoms with van der Waals surface area (Å²) in [6, 6.07) is 2.97. The summed E-state index contributed by atoms with van der Waals surface area (Å²) < 4.78 is 19.3. The third kappa shape index (κ3) is 6.61. The highest BCUT2D eigenvalue weighted by Gasteiger charge is 2.24. The van der Waals surface area contributed by atoms with Crippen LogP contribution in [0.4, 0.5) is 10.2 Å². The van der Waals surface area contributed by atoms with Gasteiger partial charge < -0.3 is 20.5 Å². The van der Waals surface area contributed by atoms with E-state index in [4.69, 9.17) is 16.3 Å². The molecule has 0 unspecified atom stereocenters. The molecule has 0 aliphatic carbocycles. The summed E-state index contributed by atoms with van der Waals surface area (Å²) >= 11 is 5.80. The van der Waals surface area contributed by atoms with Crippen molar-refractivity contribution in [2.75, 3.05) is 25.1 Å². The number of nitrogens with one attached hydrogen (secondary N) is 2. The van der Waals surface area contributed by atoms with E-state index in [1.165, 1.54) is 5.56 Å². The van der Waals surface area contributed by atoms with Gasteiger partial charge in [-0.3, -0.25) is 9.78 Å². The maximum absolute atomic E-state index is 13.8. The average Bonchev–Trinajstić information content (AvgIpc) is 2.77. The number of ether oxygens (including phenoxy) is 1. The predicted octanol–water partition coefficient (Wildman–Crippen LogP) is 3.24. The van der Waals surface area contributed by atoms with Crippen LogP contribution >= 0.6 is 11.6 Å². The van der Waals surface area contributed by atoms with Crippen LogP contribution in [0, 0.1) is 5.82 Å². The number of fused-ring (bicyclic) bond motifs is 1. The third-order valence-electron chi connectivity index (χ3n) is 5.16. The Morgan fingerprint density at radius 3 is 2.91 bits per heavy atom. The van der Waals surface area contributed by atoms with Gasteiger partial charge in [-0.05, 0) is 43.7 Å². The molecule has 0 spiro atoms. The molecule has 8 nitrogen and oxygen atoms in total. The second-order valence-corrected chi connectivity index (χ2v) is 7.95. The van der Waals surface area contributed by atoms with Crippen LogP contribution in [-0.4, -0.2) is 52.8 Å². The highest BCUT2D eigenvalue weighted by molar-refractivity contribution is 6.33. The van der Waals surface area contributed by atoms with Crippen molar-refractivity contribution in [1.82, 2.24) is 15.3 Å². The number of carboxylic acid groups (broad SMARTS) is 1. The number of carboxylic acids is 1. The number of carbonyl (C=O) groups excluding carboxylic acids is 1. The summed E-state index contributed by atoms with van der Waals surface area (Å²) in [6.07, 6.45) is 6.73. The van der Waals surface area contributed by atoms with Crippen molar-refractivity contribution in [3.05, 3.63) is 52.2 Å². The van der Waals surface area contributed by atoms with E-state index in [0.717, 1.165) is 62.6 Å². The van der Waals surface area contributed by atoms with Gasteiger partial charge >= 0.3 is 5.97 Å². The van der Waals surface area contributed by atoms with Gasteiger partial charge in [0.15, 0.2) is 5.82 Å². The number of halogens is 2. The standard InChI is InChI=1S/C22H26ClFN4O4/c23-16-12-25-13-17(24)19(16)21(29)28-18(22(30)31)8-11-32-10-2-1-5-15-7-6-14-4-3-9-26-20(14)27-15/h6-7,12-13,18H,1-5,8-11H2,(H,26,27)(H,28,29)(H,30,31)/t18-/m1/s1. The van der Waals surface area contributed by atoms with E-state index in [2.05, 4.69) is 32.7 Å². The van der Waals surface area contributed by atoms with E-state index in [-0.39, 0.29) is 18.1 Å². The molecule has 1 atom stereocenters. The summed E-state index contributed by atoms with van der Waals surface area (Å²) in [5.41, 5.74) is 1.87. The number of amides is 1. The Morgan fingerprint density at radius 1 is 1.28 bits per heavy atom. The molecule has 0 aromatic carbocycles. The second-order valence-electron chi connectivity index (χ2n) is 7.54. The molecule has 0 saturated carbocycles. The molecule has 0 saturated heterocycles. The molecule has 0 bridgehead atoms. The number of carbonyl (C=O) groups is 2. The first-order chi connectivity index (χ1) is 15.5. The number of hydrogen-bond donors (Lipinski definition) is 3. The smallest absolute Gasteiger partial charge is 0.326 e. The zero-order valence-electron chi connectivity index (χ0n) is 17.6. The molecule has 3 heterocycles. The molecule has 3 rings (SSSR count). The van der Waals surface area contributed by atoms with Gasteiger partial charge in [0.1, 0.15) is 11.9 Å². The maximum atomic E-state index is 13.8. The lowest BCUT2D eigenvalue weighted by Crippen LogP contribution is -2.42. The number of anilines is 1. The predicted molar refractivity (Wildman–Crippen MR) is 118 cm³/mol. The zero-order valence-corrected chi connectivity index (χ0v) is 18.3. The Balaban J connectivity index is 1.36. The van der Waals surface area contributed by atoms with Crippen molar-refractivity contribution >= 4 is 29.3 Å². The number of nitrogens with zero attached hydrogens (tertiary/aromatic N) is 2. The number of aliphatic carboxylic acids is 1. The topological polar surface area (TPSA) is 113 Å². The number of aromatic nitrogens is 2. The lowest BCUT2D eigenvalue weighted by Gasteiger charge is -2.17. The van der Waals surface area contributed by atoms with E-state index in [1.54, 1.807) is 0 Å². The maximum Gasteiger partial charge on any atom is 0.326 e. The van der Waals surface area contributed by atoms with Gasteiger partial charge in [-0.15, -0.1) is 0 Å². The van der Waals surface area contributed by atoms with E-state index in [1.807, 2.05) is 0 Å². The summed E-state index contributed by atoms with van der Waals surface area (Å²) in [5, 5.41) is 14.8. The first-order valence-corrected chi connectivity index (χ1v) is 11.0. The molecular formula is C22H26ClFN4O4. The van der Waals surface area contributed by atoms with Crippen LogP contribution in [-0.2, 0) is 22.4 Å². The summed E-state index contributed by atoms with van der Waals surface area (Å²) in [7, 11) is 0. The second kappa shape index (κ2) is 11.7. The summed E-state index contributed by atoms with van der Waals surface area (Å²) in [5.74, 6) is -2.08. The van der Waals surface area contributed by atoms with E-state index in [0.29, 0.717) is 6.61 Å². The monoisotopic (exact) mass is 464 g/mol. The molecule has 1 aliphatic rings. The molecule has 2 aromatic heterocycles. The normalized spacial score (nSPS) is 13.7. The third-order valence-corrected chi connectivity index (χ3v) is 5.44. The van der Waals surface area contributed by atoms with Crippen molar-refractivity contribution in [1.29, 1.82) is 0 Å². The van der Waals surface area contributed by atoms with Gasteiger partial charge in [-0.25, -0.2) is 14.2 Å². The van der Waals surface area contributed by atoms with E-state index < -0.39 is 29.3 Å². The highest BCUT2D eigenvalue weighted by Crippen LogP contribution is 2.20.